The zero-order valence-corrected chi connectivity index (χ0v) is 13.6. The van der Waals surface area contributed by atoms with Crippen LogP contribution in [0, 0.1) is 11.8 Å². The van der Waals surface area contributed by atoms with Crippen molar-refractivity contribution in [3.63, 3.8) is 0 Å². The smallest absolute Gasteiger partial charge is 0.0226 e. The van der Waals surface area contributed by atoms with Crippen molar-refractivity contribution in [3.8, 4) is 0 Å². The van der Waals surface area contributed by atoms with Crippen LogP contribution in [0.5, 0.6) is 0 Å². The van der Waals surface area contributed by atoms with Crippen LogP contribution in [-0.2, 0) is 0 Å². The molecule has 3 heterocycles. The average Bonchev–Trinajstić information content (AvgIpc) is 3.14. The molecule has 21 heavy (non-hydrogen) atoms. The van der Waals surface area contributed by atoms with Gasteiger partial charge in [0.25, 0.3) is 0 Å². The maximum Gasteiger partial charge on any atom is 0.0226 e. The van der Waals surface area contributed by atoms with E-state index in [1.807, 2.05) is 0 Å². The molecular formula is C18H33N3. The number of hydrogen-bond acceptors (Lipinski definition) is 3. The molecule has 4 aliphatic rings. The van der Waals surface area contributed by atoms with Crippen molar-refractivity contribution in [2.24, 2.45) is 11.8 Å². The first kappa shape index (κ1) is 14.5. The quantitative estimate of drug-likeness (QED) is 0.861. The summed E-state index contributed by atoms with van der Waals surface area (Å²) >= 11 is 0. The molecule has 120 valence electrons. The van der Waals surface area contributed by atoms with Gasteiger partial charge < -0.3 is 15.1 Å². The predicted octanol–water partition coefficient (Wildman–Crippen LogP) is 2.32. The van der Waals surface area contributed by atoms with Crippen LogP contribution in [-0.4, -0.2) is 61.2 Å². The van der Waals surface area contributed by atoms with Crippen LogP contribution < -0.4 is 5.32 Å². The number of likely N-dealkylation sites (tertiary alicyclic amines) is 2. The van der Waals surface area contributed by atoms with Gasteiger partial charge in [-0.15, -0.1) is 0 Å². The van der Waals surface area contributed by atoms with E-state index in [0.29, 0.717) is 0 Å². The van der Waals surface area contributed by atoms with E-state index in [1.165, 1.54) is 90.6 Å². The number of rotatable bonds is 3. The average molecular weight is 291 g/mol. The maximum atomic E-state index is 3.83. The Morgan fingerprint density at radius 2 is 1.62 bits per heavy atom. The summed E-state index contributed by atoms with van der Waals surface area (Å²) < 4.78 is 0. The summed E-state index contributed by atoms with van der Waals surface area (Å²) in [6.45, 7) is 8.07. The molecule has 1 aliphatic carbocycles. The van der Waals surface area contributed by atoms with Crippen molar-refractivity contribution in [1.29, 1.82) is 0 Å². The van der Waals surface area contributed by atoms with Gasteiger partial charge in [-0.3, -0.25) is 0 Å². The minimum Gasteiger partial charge on any atom is -0.312 e. The molecule has 3 nitrogen and oxygen atoms in total. The summed E-state index contributed by atoms with van der Waals surface area (Å²) in [5, 5.41) is 3.83. The molecule has 1 saturated carbocycles. The molecule has 3 saturated heterocycles. The van der Waals surface area contributed by atoms with Gasteiger partial charge in [-0.05, 0) is 83.1 Å². The number of nitrogens with zero attached hydrogens (tertiary/aromatic N) is 2. The van der Waals surface area contributed by atoms with Crippen LogP contribution in [0.3, 0.4) is 0 Å². The molecule has 3 unspecified atom stereocenters. The van der Waals surface area contributed by atoms with E-state index in [2.05, 4.69) is 15.1 Å². The number of hydrogen-bond donors (Lipinski definition) is 1. The van der Waals surface area contributed by atoms with Gasteiger partial charge in [-0.2, -0.15) is 0 Å². The fraction of sp³-hybridized carbons (Fsp3) is 1.00. The van der Waals surface area contributed by atoms with E-state index in [-0.39, 0.29) is 0 Å². The van der Waals surface area contributed by atoms with E-state index in [9.17, 15) is 0 Å². The molecular weight excluding hydrogens is 258 g/mol. The highest BCUT2D eigenvalue weighted by molar-refractivity contribution is 4.96. The lowest BCUT2D eigenvalue weighted by atomic mass is 9.93. The van der Waals surface area contributed by atoms with Crippen LogP contribution in [0.15, 0.2) is 0 Å². The van der Waals surface area contributed by atoms with Crippen molar-refractivity contribution in [3.05, 3.63) is 0 Å². The highest BCUT2D eigenvalue weighted by atomic mass is 15.2. The largest absolute Gasteiger partial charge is 0.312 e. The van der Waals surface area contributed by atoms with Crippen LogP contribution in [0.1, 0.15) is 51.4 Å². The van der Waals surface area contributed by atoms with E-state index in [1.54, 1.807) is 0 Å². The summed E-state index contributed by atoms with van der Waals surface area (Å²) in [6, 6.07) is 1.71. The lowest BCUT2D eigenvalue weighted by Gasteiger charge is -2.41. The Balaban J connectivity index is 1.24. The normalized spacial score (nSPS) is 39.7. The minimum atomic E-state index is 0.809. The fourth-order valence-electron chi connectivity index (χ4n) is 5.53. The number of fused-ring (bicyclic) bond motifs is 1. The molecule has 3 atom stereocenters. The van der Waals surface area contributed by atoms with Crippen LogP contribution in [0.2, 0.25) is 0 Å². The van der Waals surface area contributed by atoms with Gasteiger partial charge in [0, 0.05) is 18.6 Å². The van der Waals surface area contributed by atoms with Crippen LogP contribution >= 0.6 is 0 Å². The summed E-state index contributed by atoms with van der Waals surface area (Å²) in [4.78, 5) is 5.56. The molecule has 4 fully saturated rings. The monoisotopic (exact) mass is 291 g/mol. The zero-order valence-electron chi connectivity index (χ0n) is 13.6. The molecule has 0 bridgehead atoms. The third-order valence-electron chi connectivity index (χ3n) is 6.80. The number of nitrogens with one attached hydrogen (secondary N) is 1. The molecule has 0 aromatic carbocycles. The third-order valence-corrected chi connectivity index (χ3v) is 6.80. The number of piperidine rings is 2. The summed E-state index contributed by atoms with van der Waals surface area (Å²) in [6.07, 6.45) is 11.7. The molecule has 0 aromatic heterocycles. The van der Waals surface area contributed by atoms with Crippen LogP contribution in [0.4, 0.5) is 0 Å². The molecule has 1 N–H and O–H groups in total. The van der Waals surface area contributed by atoms with Crippen molar-refractivity contribution in [2.75, 3.05) is 39.3 Å². The van der Waals surface area contributed by atoms with Crippen molar-refractivity contribution < 1.29 is 0 Å². The van der Waals surface area contributed by atoms with Crippen molar-refractivity contribution >= 4 is 0 Å². The van der Waals surface area contributed by atoms with Gasteiger partial charge in [0.2, 0.25) is 0 Å². The standard InChI is InChI=1S/C18H33N3/c1-2-9-21(10-3-1)16-7-11-20(12-8-16)14-18-17-6-4-5-15(17)13-19-18/h15-19H,1-14H2. The molecule has 0 aromatic rings. The lowest BCUT2D eigenvalue weighted by Crippen LogP contribution is -2.49. The second kappa shape index (κ2) is 6.55. The minimum absolute atomic E-state index is 0.809. The molecule has 3 heteroatoms. The van der Waals surface area contributed by atoms with Gasteiger partial charge in [0.05, 0.1) is 0 Å². The Morgan fingerprint density at radius 3 is 2.43 bits per heavy atom. The highest BCUT2D eigenvalue weighted by Gasteiger charge is 2.39. The first-order valence-corrected chi connectivity index (χ1v) is 9.60. The van der Waals surface area contributed by atoms with Gasteiger partial charge in [-0.25, -0.2) is 0 Å². The van der Waals surface area contributed by atoms with Crippen molar-refractivity contribution in [1.82, 2.24) is 15.1 Å². The summed E-state index contributed by atoms with van der Waals surface area (Å²) in [7, 11) is 0. The molecule has 0 radical (unpaired) electrons. The molecule has 4 rings (SSSR count). The van der Waals surface area contributed by atoms with E-state index in [0.717, 1.165) is 23.9 Å². The Labute approximate surface area is 130 Å². The first-order chi connectivity index (χ1) is 10.4. The van der Waals surface area contributed by atoms with Gasteiger partial charge in [0.15, 0.2) is 0 Å². The Morgan fingerprint density at radius 1 is 0.810 bits per heavy atom. The Hall–Kier alpha value is -0.120. The zero-order chi connectivity index (χ0) is 14.1. The summed E-state index contributed by atoms with van der Waals surface area (Å²) in [5.41, 5.74) is 0. The van der Waals surface area contributed by atoms with Crippen LogP contribution in [0.25, 0.3) is 0 Å². The van der Waals surface area contributed by atoms with Gasteiger partial charge in [-0.1, -0.05) is 12.8 Å². The molecule has 3 aliphatic heterocycles. The SMILES string of the molecule is C1CCN(C2CCN(CC3NCC4CCCC43)CC2)CC1. The topological polar surface area (TPSA) is 18.5 Å². The second-order valence-corrected chi connectivity index (χ2v) is 8.00. The lowest BCUT2D eigenvalue weighted by molar-refractivity contribution is 0.0863. The molecule has 0 amide bonds. The summed E-state index contributed by atoms with van der Waals surface area (Å²) in [5.74, 6) is 2.02. The van der Waals surface area contributed by atoms with E-state index >= 15 is 0 Å². The van der Waals surface area contributed by atoms with Crippen molar-refractivity contribution in [2.45, 2.75) is 63.5 Å². The second-order valence-electron chi connectivity index (χ2n) is 8.00. The van der Waals surface area contributed by atoms with Gasteiger partial charge >= 0.3 is 0 Å². The first-order valence-electron chi connectivity index (χ1n) is 9.60. The Bertz CT molecular complexity index is 331. The Kier molecular flexibility index (Phi) is 4.52. The molecule has 0 spiro atoms. The van der Waals surface area contributed by atoms with E-state index in [4.69, 9.17) is 0 Å². The van der Waals surface area contributed by atoms with Gasteiger partial charge in [0.1, 0.15) is 0 Å². The third kappa shape index (κ3) is 3.16. The predicted molar refractivity (Wildman–Crippen MR) is 87.5 cm³/mol. The maximum absolute atomic E-state index is 3.83. The highest BCUT2D eigenvalue weighted by Crippen LogP contribution is 2.38. The fourth-order valence-corrected chi connectivity index (χ4v) is 5.53. The van der Waals surface area contributed by atoms with E-state index < -0.39 is 0 Å².